The number of carbonyl (C=O) groups excluding carboxylic acids is 1. The molecular formula is C10H14N4O5S2. The molecule has 1 aliphatic heterocycles. The average Bonchev–Trinajstić information content (AvgIpc) is 2.75. The van der Waals surface area contributed by atoms with Gasteiger partial charge in [0.05, 0.1) is 4.92 Å². The van der Waals surface area contributed by atoms with Crippen molar-refractivity contribution in [2.75, 3.05) is 18.8 Å². The van der Waals surface area contributed by atoms with Crippen molar-refractivity contribution in [3.8, 4) is 0 Å². The van der Waals surface area contributed by atoms with E-state index in [4.69, 9.17) is 5.73 Å². The maximum Gasteiger partial charge on any atom is 0.304 e. The Bertz CT molecular complexity index is 709. The lowest BCUT2D eigenvalue weighted by Crippen LogP contribution is -2.63. The van der Waals surface area contributed by atoms with E-state index in [-0.39, 0.29) is 22.3 Å². The summed E-state index contributed by atoms with van der Waals surface area (Å²) in [5.41, 5.74) is 3.76. The topological polar surface area (TPSA) is 136 Å². The minimum absolute atomic E-state index is 0.0900. The molecule has 0 unspecified atom stereocenters. The lowest BCUT2D eigenvalue weighted by Gasteiger charge is -2.39. The number of amides is 1. The van der Waals surface area contributed by atoms with Crippen molar-refractivity contribution < 1.29 is 18.1 Å². The Balaban J connectivity index is 2.49. The van der Waals surface area contributed by atoms with Crippen molar-refractivity contribution in [2.45, 2.75) is 23.6 Å². The van der Waals surface area contributed by atoms with Gasteiger partial charge in [-0.05, 0) is 13.8 Å². The first-order chi connectivity index (χ1) is 9.58. The summed E-state index contributed by atoms with van der Waals surface area (Å²) in [6.07, 6.45) is 0. The molecule has 0 bridgehead atoms. The number of nitrogens with two attached hydrogens (primary N) is 1. The molecule has 21 heavy (non-hydrogen) atoms. The van der Waals surface area contributed by atoms with Gasteiger partial charge in [0.15, 0.2) is 5.00 Å². The zero-order chi connectivity index (χ0) is 16.0. The highest BCUT2D eigenvalue weighted by Crippen LogP contribution is 2.37. The number of piperazine rings is 1. The van der Waals surface area contributed by atoms with Gasteiger partial charge in [-0.25, -0.2) is 8.42 Å². The number of thiophene rings is 1. The summed E-state index contributed by atoms with van der Waals surface area (Å²) in [5.74, 6) is -0.420. The van der Waals surface area contributed by atoms with Gasteiger partial charge in [-0.2, -0.15) is 4.31 Å². The predicted molar refractivity (Wildman–Crippen MR) is 76.4 cm³/mol. The van der Waals surface area contributed by atoms with Crippen molar-refractivity contribution in [3.63, 3.8) is 0 Å². The van der Waals surface area contributed by atoms with E-state index in [0.717, 1.165) is 10.4 Å². The Morgan fingerprint density at radius 2 is 2.14 bits per heavy atom. The molecule has 1 fully saturated rings. The fourth-order valence-electron chi connectivity index (χ4n) is 2.05. The van der Waals surface area contributed by atoms with Gasteiger partial charge in [0.2, 0.25) is 5.91 Å². The summed E-state index contributed by atoms with van der Waals surface area (Å²) in [4.78, 5) is 21.9. The minimum atomic E-state index is -4.03. The molecule has 1 saturated heterocycles. The fraction of sp³-hybridized carbons (Fsp3) is 0.500. The van der Waals surface area contributed by atoms with Gasteiger partial charge in [-0.1, -0.05) is 11.3 Å². The summed E-state index contributed by atoms with van der Waals surface area (Å²) in [6, 6.07) is 0.928. The number of hydrogen-bond donors (Lipinski definition) is 2. The van der Waals surface area contributed by atoms with Crippen LogP contribution < -0.4 is 11.1 Å². The highest BCUT2D eigenvalue weighted by atomic mass is 32.2. The van der Waals surface area contributed by atoms with Crippen molar-refractivity contribution in [2.24, 2.45) is 0 Å². The number of nitro groups is 1. The minimum Gasteiger partial charge on any atom is -0.385 e. The number of nitrogen functional groups attached to an aromatic ring is 1. The van der Waals surface area contributed by atoms with Crippen LogP contribution in [0.25, 0.3) is 0 Å². The SMILES string of the molecule is CC1(C)C(=O)NCCN1S(=O)(=O)c1cc([N+](=O)[O-])c(N)s1. The van der Waals surface area contributed by atoms with Crippen LogP contribution in [0, 0.1) is 10.1 Å². The normalized spacial score (nSPS) is 19.2. The molecule has 1 amide bonds. The molecular weight excluding hydrogens is 320 g/mol. The second kappa shape index (κ2) is 4.93. The molecule has 2 rings (SSSR count). The van der Waals surface area contributed by atoms with E-state index in [1.807, 2.05) is 0 Å². The summed E-state index contributed by atoms with van der Waals surface area (Å²) >= 11 is 0.620. The first-order valence-corrected chi connectivity index (χ1v) is 8.19. The molecule has 9 nitrogen and oxygen atoms in total. The highest BCUT2D eigenvalue weighted by Gasteiger charge is 2.46. The molecule has 1 aromatic heterocycles. The number of rotatable bonds is 3. The largest absolute Gasteiger partial charge is 0.385 e. The molecule has 0 saturated carbocycles. The molecule has 0 radical (unpaired) electrons. The van der Waals surface area contributed by atoms with Crippen LogP contribution in [-0.2, 0) is 14.8 Å². The molecule has 116 valence electrons. The first kappa shape index (κ1) is 15.7. The number of sulfonamides is 1. The van der Waals surface area contributed by atoms with Gasteiger partial charge in [0.1, 0.15) is 9.75 Å². The van der Waals surface area contributed by atoms with Gasteiger partial charge in [0, 0.05) is 19.2 Å². The predicted octanol–water partition coefficient (Wildman–Crippen LogP) is 0.138. The van der Waals surface area contributed by atoms with Gasteiger partial charge < -0.3 is 11.1 Å². The van der Waals surface area contributed by atoms with Gasteiger partial charge in [-0.3, -0.25) is 14.9 Å². The van der Waals surface area contributed by atoms with E-state index in [1.165, 1.54) is 13.8 Å². The Morgan fingerprint density at radius 1 is 1.52 bits per heavy atom. The van der Waals surface area contributed by atoms with Crippen LogP contribution in [0.1, 0.15) is 13.8 Å². The zero-order valence-electron chi connectivity index (χ0n) is 11.3. The average molecular weight is 334 g/mol. The Hall–Kier alpha value is -1.72. The quantitative estimate of drug-likeness (QED) is 0.596. The lowest BCUT2D eigenvalue weighted by atomic mass is 10.0. The Morgan fingerprint density at radius 3 is 2.67 bits per heavy atom. The third-order valence-corrected chi connectivity index (χ3v) is 6.71. The number of carbonyl (C=O) groups is 1. The summed E-state index contributed by atoms with van der Waals surface area (Å²) in [5, 5.41) is 13.2. The Kier molecular flexibility index (Phi) is 3.68. The second-order valence-corrected chi connectivity index (χ2v) is 8.14. The summed E-state index contributed by atoms with van der Waals surface area (Å²) in [7, 11) is -4.03. The van der Waals surface area contributed by atoms with E-state index >= 15 is 0 Å². The maximum absolute atomic E-state index is 12.6. The standard InChI is InChI=1S/C10H14N4O5S2/c1-10(2)9(15)12-3-4-13(10)21(18,19)7-5-6(14(16)17)8(11)20-7/h5H,3-4,11H2,1-2H3,(H,12,15). The van der Waals surface area contributed by atoms with Crippen LogP contribution in [0.3, 0.4) is 0 Å². The first-order valence-electron chi connectivity index (χ1n) is 5.93. The number of hydrogen-bond acceptors (Lipinski definition) is 7. The number of nitrogens with zero attached hydrogens (tertiary/aromatic N) is 2. The highest BCUT2D eigenvalue weighted by molar-refractivity contribution is 7.91. The molecule has 0 aromatic carbocycles. The zero-order valence-corrected chi connectivity index (χ0v) is 13.0. The summed E-state index contributed by atoms with van der Waals surface area (Å²) in [6.45, 7) is 3.23. The van der Waals surface area contributed by atoms with Crippen LogP contribution in [0.5, 0.6) is 0 Å². The van der Waals surface area contributed by atoms with E-state index < -0.39 is 32.1 Å². The van der Waals surface area contributed by atoms with Crippen LogP contribution in [0.2, 0.25) is 0 Å². The molecule has 1 aromatic rings. The molecule has 2 heterocycles. The fourth-order valence-corrected chi connectivity index (χ4v) is 5.13. The maximum atomic E-state index is 12.6. The smallest absolute Gasteiger partial charge is 0.304 e. The second-order valence-electron chi connectivity index (χ2n) is 4.96. The molecule has 11 heteroatoms. The molecule has 3 N–H and O–H groups in total. The van der Waals surface area contributed by atoms with E-state index in [0.29, 0.717) is 11.3 Å². The number of nitrogens with one attached hydrogen (secondary N) is 1. The van der Waals surface area contributed by atoms with Gasteiger partial charge in [-0.15, -0.1) is 0 Å². The monoisotopic (exact) mass is 334 g/mol. The third-order valence-electron chi connectivity index (χ3n) is 3.24. The third kappa shape index (κ3) is 2.47. The molecule has 0 spiro atoms. The van der Waals surface area contributed by atoms with Crippen LogP contribution in [-0.4, -0.2) is 42.2 Å². The molecule has 1 aliphatic rings. The van der Waals surface area contributed by atoms with E-state index in [1.54, 1.807) is 0 Å². The van der Waals surface area contributed by atoms with Crippen LogP contribution in [0.4, 0.5) is 10.7 Å². The van der Waals surface area contributed by atoms with Crippen LogP contribution in [0.15, 0.2) is 10.3 Å². The van der Waals surface area contributed by atoms with Crippen molar-refractivity contribution in [3.05, 3.63) is 16.2 Å². The lowest BCUT2D eigenvalue weighted by molar-refractivity contribution is -0.383. The van der Waals surface area contributed by atoms with E-state index in [2.05, 4.69) is 5.32 Å². The summed E-state index contributed by atoms with van der Waals surface area (Å²) < 4.78 is 26.0. The molecule has 0 atom stereocenters. The molecule has 0 aliphatic carbocycles. The van der Waals surface area contributed by atoms with E-state index in [9.17, 15) is 23.3 Å². The van der Waals surface area contributed by atoms with Crippen LogP contribution >= 0.6 is 11.3 Å². The van der Waals surface area contributed by atoms with Crippen molar-refractivity contribution in [1.29, 1.82) is 0 Å². The van der Waals surface area contributed by atoms with Crippen molar-refractivity contribution in [1.82, 2.24) is 9.62 Å². The van der Waals surface area contributed by atoms with Gasteiger partial charge >= 0.3 is 5.69 Å². The Labute approximate surface area is 124 Å². The number of anilines is 1. The van der Waals surface area contributed by atoms with Crippen molar-refractivity contribution >= 4 is 38.0 Å². The van der Waals surface area contributed by atoms with Gasteiger partial charge in [0.25, 0.3) is 10.0 Å².